The minimum absolute atomic E-state index is 0.154. The number of aromatic nitrogens is 1. The van der Waals surface area contributed by atoms with Crippen LogP contribution in [0.4, 0.5) is 16.5 Å². The number of thiazole rings is 1. The summed E-state index contributed by atoms with van der Waals surface area (Å²) in [5.41, 5.74) is 2.37. The molecule has 6 heteroatoms. The number of para-hydroxylation sites is 2. The van der Waals surface area contributed by atoms with Crippen LogP contribution in [0.2, 0.25) is 0 Å². The van der Waals surface area contributed by atoms with Gasteiger partial charge in [-0.3, -0.25) is 0 Å². The Morgan fingerprint density at radius 3 is 2.65 bits per heavy atom. The van der Waals surface area contributed by atoms with Crippen molar-refractivity contribution in [1.82, 2.24) is 4.98 Å². The number of hydrogen-bond acceptors (Lipinski definition) is 5. The van der Waals surface area contributed by atoms with Crippen LogP contribution >= 0.6 is 11.3 Å². The van der Waals surface area contributed by atoms with Crippen LogP contribution in [0.25, 0.3) is 0 Å². The summed E-state index contributed by atoms with van der Waals surface area (Å²) in [5.74, 6) is -0.965. The van der Waals surface area contributed by atoms with Crippen LogP contribution in [0.3, 0.4) is 0 Å². The number of fused-ring (bicyclic) bond motifs is 1. The lowest BCUT2D eigenvalue weighted by Crippen LogP contribution is -2.36. The molecule has 0 amide bonds. The van der Waals surface area contributed by atoms with Crippen LogP contribution in [0.5, 0.6) is 0 Å². The molecule has 0 spiro atoms. The smallest absolute Gasteiger partial charge is 0.355 e. The molecular formula is C14H15N3O2S. The van der Waals surface area contributed by atoms with E-state index in [4.69, 9.17) is 5.11 Å². The SMILES string of the molecule is Cc1sc(N2CCN(C)c3ccccc32)nc1C(=O)O. The number of carbonyl (C=O) groups is 1. The first-order valence-electron chi connectivity index (χ1n) is 6.36. The number of nitrogens with zero attached hydrogens (tertiary/aromatic N) is 3. The highest BCUT2D eigenvalue weighted by atomic mass is 32.1. The quantitative estimate of drug-likeness (QED) is 0.921. The molecule has 0 unspecified atom stereocenters. The molecule has 1 N–H and O–H groups in total. The lowest BCUT2D eigenvalue weighted by molar-refractivity contribution is 0.0690. The number of carboxylic acid groups (broad SMARTS) is 1. The first-order chi connectivity index (χ1) is 9.58. The number of likely N-dealkylation sites (N-methyl/N-ethyl adjacent to an activating group) is 1. The van der Waals surface area contributed by atoms with Crippen LogP contribution in [-0.2, 0) is 0 Å². The van der Waals surface area contributed by atoms with Gasteiger partial charge in [-0.25, -0.2) is 9.78 Å². The minimum Gasteiger partial charge on any atom is -0.476 e. The van der Waals surface area contributed by atoms with E-state index in [1.807, 2.05) is 18.2 Å². The number of anilines is 3. The standard InChI is InChI=1S/C14H15N3O2S/c1-9-12(13(18)19)15-14(20-9)17-8-7-16(2)10-5-3-4-6-11(10)17/h3-6H,7-8H2,1-2H3,(H,18,19). The van der Waals surface area contributed by atoms with Crippen molar-refractivity contribution < 1.29 is 9.90 Å². The van der Waals surface area contributed by atoms with Crippen LogP contribution in [0, 0.1) is 6.92 Å². The fraction of sp³-hybridized carbons (Fsp3) is 0.286. The molecule has 0 bridgehead atoms. The number of benzene rings is 1. The number of aryl methyl sites for hydroxylation is 1. The molecule has 1 aliphatic heterocycles. The van der Waals surface area contributed by atoms with Crippen LogP contribution in [-0.4, -0.2) is 36.2 Å². The largest absolute Gasteiger partial charge is 0.476 e. The molecule has 104 valence electrons. The van der Waals surface area contributed by atoms with Gasteiger partial charge in [0.05, 0.1) is 11.4 Å². The van der Waals surface area contributed by atoms with Gasteiger partial charge in [0.25, 0.3) is 0 Å². The molecule has 0 fully saturated rings. The maximum absolute atomic E-state index is 11.1. The average molecular weight is 289 g/mol. The summed E-state index contributed by atoms with van der Waals surface area (Å²) in [7, 11) is 2.06. The van der Waals surface area contributed by atoms with E-state index in [0.717, 1.165) is 34.5 Å². The molecule has 0 saturated carbocycles. The molecule has 0 aliphatic carbocycles. The zero-order valence-electron chi connectivity index (χ0n) is 11.3. The zero-order valence-corrected chi connectivity index (χ0v) is 12.1. The Bertz CT molecular complexity index is 668. The van der Waals surface area contributed by atoms with E-state index in [-0.39, 0.29) is 5.69 Å². The third-order valence-electron chi connectivity index (χ3n) is 3.46. The Labute approximate surface area is 121 Å². The summed E-state index contributed by atoms with van der Waals surface area (Å²) >= 11 is 1.43. The number of rotatable bonds is 2. The van der Waals surface area contributed by atoms with Gasteiger partial charge in [-0.2, -0.15) is 0 Å². The van der Waals surface area contributed by atoms with Crippen molar-refractivity contribution >= 4 is 33.8 Å². The monoisotopic (exact) mass is 289 g/mol. The maximum Gasteiger partial charge on any atom is 0.355 e. The van der Waals surface area contributed by atoms with Crippen molar-refractivity contribution in [1.29, 1.82) is 0 Å². The molecule has 1 aliphatic rings. The number of aromatic carboxylic acids is 1. The Hall–Kier alpha value is -2.08. The molecule has 0 atom stereocenters. The Morgan fingerprint density at radius 1 is 1.30 bits per heavy atom. The normalized spacial score (nSPS) is 14.3. The van der Waals surface area contributed by atoms with Gasteiger partial charge in [0, 0.05) is 25.0 Å². The predicted molar refractivity (Wildman–Crippen MR) is 80.5 cm³/mol. The third-order valence-corrected chi connectivity index (χ3v) is 4.46. The van der Waals surface area contributed by atoms with Gasteiger partial charge in [-0.1, -0.05) is 12.1 Å². The minimum atomic E-state index is -0.965. The van der Waals surface area contributed by atoms with Gasteiger partial charge in [-0.15, -0.1) is 11.3 Å². The highest BCUT2D eigenvalue weighted by molar-refractivity contribution is 7.15. The molecule has 1 aromatic carbocycles. The van der Waals surface area contributed by atoms with Gasteiger partial charge in [0.1, 0.15) is 0 Å². The van der Waals surface area contributed by atoms with Gasteiger partial charge >= 0.3 is 5.97 Å². The van der Waals surface area contributed by atoms with Crippen LogP contribution in [0.15, 0.2) is 24.3 Å². The highest BCUT2D eigenvalue weighted by Crippen LogP contribution is 2.39. The van der Waals surface area contributed by atoms with E-state index in [9.17, 15) is 4.79 Å². The highest BCUT2D eigenvalue weighted by Gasteiger charge is 2.25. The van der Waals surface area contributed by atoms with Crippen LogP contribution < -0.4 is 9.80 Å². The third kappa shape index (κ3) is 2.02. The molecule has 2 heterocycles. The van der Waals surface area contributed by atoms with E-state index < -0.39 is 5.97 Å². The second kappa shape index (κ2) is 4.79. The maximum atomic E-state index is 11.1. The summed E-state index contributed by atoms with van der Waals surface area (Å²) in [6, 6.07) is 8.11. The molecule has 2 aromatic rings. The predicted octanol–water partition coefficient (Wildman–Crippen LogP) is 2.74. The lowest BCUT2D eigenvalue weighted by Gasteiger charge is -2.35. The van der Waals surface area contributed by atoms with Crippen molar-refractivity contribution in [2.75, 3.05) is 29.9 Å². The van der Waals surface area contributed by atoms with Crippen LogP contribution in [0.1, 0.15) is 15.4 Å². The molecular weight excluding hydrogens is 274 g/mol. The lowest BCUT2D eigenvalue weighted by atomic mass is 10.2. The Balaban J connectivity index is 2.06. The van der Waals surface area contributed by atoms with Crippen molar-refractivity contribution in [3.63, 3.8) is 0 Å². The van der Waals surface area contributed by atoms with E-state index in [2.05, 4.69) is 27.9 Å². The summed E-state index contributed by atoms with van der Waals surface area (Å²) < 4.78 is 0. The fourth-order valence-corrected chi connectivity index (χ4v) is 3.34. The zero-order chi connectivity index (χ0) is 14.3. The van der Waals surface area contributed by atoms with E-state index in [1.165, 1.54) is 11.3 Å². The topological polar surface area (TPSA) is 56.7 Å². The van der Waals surface area contributed by atoms with E-state index >= 15 is 0 Å². The van der Waals surface area contributed by atoms with Gasteiger partial charge in [0.15, 0.2) is 10.8 Å². The molecule has 0 radical (unpaired) electrons. The Morgan fingerprint density at radius 2 is 2.00 bits per heavy atom. The Kier molecular flexibility index (Phi) is 3.10. The van der Waals surface area contributed by atoms with Crippen molar-refractivity contribution in [3.8, 4) is 0 Å². The molecule has 1 aromatic heterocycles. The number of carboxylic acids is 1. The summed E-state index contributed by atoms with van der Waals surface area (Å²) in [4.78, 5) is 20.5. The summed E-state index contributed by atoms with van der Waals surface area (Å²) in [5, 5.41) is 9.88. The van der Waals surface area contributed by atoms with Crippen molar-refractivity contribution in [3.05, 3.63) is 34.8 Å². The number of hydrogen-bond donors (Lipinski definition) is 1. The first-order valence-corrected chi connectivity index (χ1v) is 7.18. The summed E-state index contributed by atoms with van der Waals surface area (Å²) in [6.45, 7) is 3.49. The average Bonchev–Trinajstić information content (AvgIpc) is 2.81. The molecule has 0 saturated heterocycles. The molecule has 3 rings (SSSR count). The first kappa shape index (κ1) is 12.9. The second-order valence-corrected chi connectivity index (χ2v) is 5.95. The van der Waals surface area contributed by atoms with Gasteiger partial charge in [-0.05, 0) is 19.1 Å². The molecule has 5 nitrogen and oxygen atoms in total. The van der Waals surface area contributed by atoms with Gasteiger partial charge < -0.3 is 14.9 Å². The van der Waals surface area contributed by atoms with Crippen molar-refractivity contribution in [2.24, 2.45) is 0 Å². The van der Waals surface area contributed by atoms with Gasteiger partial charge in [0.2, 0.25) is 0 Å². The fourth-order valence-electron chi connectivity index (χ4n) is 2.40. The second-order valence-electron chi connectivity index (χ2n) is 4.77. The molecule has 20 heavy (non-hydrogen) atoms. The van der Waals surface area contributed by atoms with Crippen molar-refractivity contribution in [2.45, 2.75) is 6.92 Å². The van der Waals surface area contributed by atoms with E-state index in [0.29, 0.717) is 0 Å². The van der Waals surface area contributed by atoms with E-state index in [1.54, 1.807) is 6.92 Å². The summed E-state index contributed by atoms with van der Waals surface area (Å²) in [6.07, 6.45) is 0.